The molecule has 1 unspecified atom stereocenters. The van der Waals surface area contributed by atoms with E-state index in [0.717, 1.165) is 18.5 Å². The maximum absolute atomic E-state index is 12.7. The van der Waals surface area contributed by atoms with Crippen molar-refractivity contribution in [2.75, 3.05) is 6.54 Å². The van der Waals surface area contributed by atoms with Crippen LogP contribution < -0.4 is 10.9 Å². The van der Waals surface area contributed by atoms with Crippen LogP contribution in [0.4, 0.5) is 0 Å². The van der Waals surface area contributed by atoms with E-state index in [4.69, 9.17) is 0 Å². The average Bonchev–Trinajstić information content (AvgIpc) is 3.25. The van der Waals surface area contributed by atoms with Crippen LogP contribution in [0.3, 0.4) is 0 Å². The molecule has 1 aromatic carbocycles. The number of aryl methyl sites for hydroxylation is 1. The van der Waals surface area contributed by atoms with E-state index >= 15 is 0 Å². The predicted molar refractivity (Wildman–Crippen MR) is 94.6 cm³/mol. The highest BCUT2D eigenvalue weighted by Gasteiger charge is 2.25. The molecule has 1 atom stereocenters. The van der Waals surface area contributed by atoms with Crippen molar-refractivity contribution in [3.63, 3.8) is 0 Å². The van der Waals surface area contributed by atoms with Gasteiger partial charge in [-0.1, -0.05) is 35.9 Å². The Morgan fingerprint density at radius 3 is 2.83 bits per heavy atom. The zero-order valence-electron chi connectivity index (χ0n) is 13.2. The summed E-state index contributed by atoms with van der Waals surface area (Å²) in [5.41, 5.74) is 8.54. The summed E-state index contributed by atoms with van der Waals surface area (Å²) in [5.74, 6) is 0.0279. The fraction of sp³-hybridized carbons (Fsp3) is 0.278. The number of nitrogens with zero attached hydrogens (tertiary/aromatic N) is 1. The summed E-state index contributed by atoms with van der Waals surface area (Å²) in [6, 6.07) is 12.2. The van der Waals surface area contributed by atoms with Gasteiger partial charge in [-0.3, -0.25) is 10.2 Å². The second-order valence-corrected chi connectivity index (χ2v) is 6.70. The monoisotopic (exact) mass is 327 g/mol. The van der Waals surface area contributed by atoms with E-state index in [-0.39, 0.29) is 12.1 Å². The van der Waals surface area contributed by atoms with Crippen molar-refractivity contribution in [2.24, 2.45) is 0 Å². The summed E-state index contributed by atoms with van der Waals surface area (Å²) < 4.78 is 0. The minimum absolute atomic E-state index is 0.0279. The molecule has 1 aliphatic rings. The van der Waals surface area contributed by atoms with Gasteiger partial charge in [0, 0.05) is 17.5 Å². The molecule has 4 nitrogen and oxygen atoms in total. The van der Waals surface area contributed by atoms with Crippen LogP contribution in [0.1, 0.15) is 22.4 Å². The van der Waals surface area contributed by atoms with Crippen LogP contribution in [-0.2, 0) is 11.3 Å². The van der Waals surface area contributed by atoms with Crippen LogP contribution in [0.15, 0.2) is 47.9 Å². The van der Waals surface area contributed by atoms with Gasteiger partial charge in [0.15, 0.2) is 0 Å². The standard InChI is InChI=1S/C18H21N3OS/c1-14-4-6-15(7-5-14)8-9-18(22)21(17-10-11-19-20-17)13-16-3-2-12-23-16/h2-9,12,17,19-20H,10-11,13H2,1H3/b9-8+. The van der Waals surface area contributed by atoms with Gasteiger partial charge in [-0.05, 0) is 36.4 Å². The fourth-order valence-corrected chi connectivity index (χ4v) is 3.26. The van der Waals surface area contributed by atoms with E-state index in [1.807, 2.05) is 34.6 Å². The highest BCUT2D eigenvalue weighted by molar-refractivity contribution is 7.09. The Morgan fingerprint density at radius 2 is 2.17 bits per heavy atom. The topological polar surface area (TPSA) is 44.4 Å². The number of hydrogen-bond donors (Lipinski definition) is 2. The van der Waals surface area contributed by atoms with Crippen LogP contribution in [0.2, 0.25) is 0 Å². The number of rotatable bonds is 5. The first kappa shape index (κ1) is 15.9. The third kappa shape index (κ3) is 4.28. The van der Waals surface area contributed by atoms with Crippen molar-refractivity contribution in [2.45, 2.75) is 26.1 Å². The Bertz CT molecular complexity index is 658. The van der Waals surface area contributed by atoms with E-state index in [1.165, 1.54) is 10.4 Å². The van der Waals surface area contributed by atoms with Gasteiger partial charge >= 0.3 is 0 Å². The molecule has 0 bridgehead atoms. The van der Waals surface area contributed by atoms with Crippen LogP contribution >= 0.6 is 11.3 Å². The first-order valence-corrected chi connectivity index (χ1v) is 8.66. The lowest BCUT2D eigenvalue weighted by molar-refractivity contribution is -0.129. The van der Waals surface area contributed by atoms with Crippen molar-refractivity contribution in [3.05, 3.63) is 63.9 Å². The molecular weight excluding hydrogens is 306 g/mol. The largest absolute Gasteiger partial charge is 0.317 e. The van der Waals surface area contributed by atoms with Crippen LogP contribution in [0.5, 0.6) is 0 Å². The lowest BCUT2D eigenvalue weighted by atomic mass is 10.1. The molecule has 1 aliphatic heterocycles. The second kappa shape index (κ2) is 7.55. The van der Waals surface area contributed by atoms with Crippen molar-refractivity contribution < 1.29 is 4.79 Å². The second-order valence-electron chi connectivity index (χ2n) is 5.67. The zero-order chi connectivity index (χ0) is 16.1. The number of benzene rings is 1. The fourth-order valence-electron chi connectivity index (χ4n) is 2.56. The van der Waals surface area contributed by atoms with Gasteiger partial charge in [-0.15, -0.1) is 11.3 Å². The molecule has 0 spiro atoms. The summed E-state index contributed by atoms with van der Waals surface area (Å²) in [7, 11) is 0. The zero-order valence-corrected chi connectivity index (χ0v) is 14.0. The predicted octanol–water partition coefficient (Wildman–Crippen LogP) is 2.92. The maximum Gasteiger partial charge on any atom is 0.248 e. The van der Waals surface area contributed by atoms with Crippen molar-refractivity contribution in [1.82, 2.24) is 15.8 Å². The molecule has 2 aromatic rings. The number of amides is 1. The quantitative estimate of drug-likeness (QED) is 0.830. The molecule has 2 heterocycles. The normalized spacial score (nSPS) is 17.7. The lowest BCUT2D eigenvalue weighted by Gasteiger charge is -2.27. The summed E-state index contributed by atoms with van der Waals surface area (Å²) in [4.78, 5) is 15.7. The molecule has 1 saturated heterocycles. The lowest BCUT2D eigenvalue weighted by Crippen LogP contribution is -2.46. The Morgan fingerprint density at radius 1 is 1.35 bits per heavy atom. The molecule has 1 fully saturated rings. The maximum atomic E-state index is 12.7. The highest BCUT2D eigenvalue weighted by atomic mass is 32.1. The Kier molecular flexibility index (Phi) is 5.23. The molecule has 23 heavy (non-hydrogen) atoms. The number of hydrogen-bond acceptors (Lipinski definition) is 4. The minimum atomic E-state index is 0.0279. The van der Waals surface area contributed by atoms with Crippen LogP contribution in [0, 0.1) is 6.92 Å². The SMILES string of the molecule is Cc1ccc(/C=C/C(=O)N(Cc2cccs2)C2CCNN2)cc1. The number of nitrogens with one attached hydrogen (secondary N) is 2. The van der Waals surface area contributed by atoms with Crippen LogP contribution in [0.25, 0.3) is 6.08 Å². The molecule has 5 heteroatoms. The first-order chi connectivity index (χ1) is 11.2. The number of carbonyl (C=O) groups is 1. The third-order valence-electron chi connectivity index (χ3n) is 3.87. The van der Waals surface area contributed by atoms with E-state index in [2.05, 4.69) is 36.0 Å². The molecule has 1 aromatic heterocycles. The molecule has 0 aliphatic carbocycles. The van der Waals surface area contributed by atoms with Gasteiger partial charge in [0.1, 0.15) is 0 Å². The third-order valence-corrected chi connectivity index (χ3v) is 4.73. The van der Waals surface area contributed by atoms with E-state index in [1.54, 1.807) is 17.4 Å². The number of carbonyl (C=O) groups excluding carboxylic acids is 1. The molecule has 3 rings (SSSR count). The van der Waals surface area contributed by atoms with Crippen molar-refractivity contribution in [1.29, 1.82) is 0 Å². The minimum Gasteiger partial charge on any atom is -0.317 e. The highest BCUT2D eigenvalue weighted by Crippen LogP contribution is 2.16. The molecule has 120 valence electrons. The number of thiophene rings is 1. The van der Waals surface area contributed by atoms with Crippen molar-refractivity contribution in [3.8, 4) is 0 Å². The molecule has 1 amide bonds. The Balaban J connectivity index is 1.72. The van der Waals surface area contributed by atoms with E-state index in [9.17, 15) is 4.79 Å². The van der Waals surface area contributed by atoms with Gasteiger partial charge in [0.2, 0.25) is 5.91 Å². The summed E-state index contributed by atoms with van der Waals surface area (Å²) in [6.45, 7) is 3.56. The molecular formula is C18H21N3OS. The van der Waals surface area contributed by atoms with Gasteiger partial charge in [-0.2, -0.15) is 0 Å². The molecule has 0 saturated carbocycles. The average molecular weight is 327 g/mol. The molecule has 2 N–H and O–H groups in total. The van der Waals surface area contributed by atoms with Gasteiger partial charge in [0.25, 0.3) is 0 Å². The smallest absolute Gasteiger partial charge is 0.248 e. The first-order valence-electron chi connectivity index (χ1n) is 7.78. The number of hydrazine groups is 1. The van der Waals surface area contributed by atoms with Gasteiger partial charge < -0.3 is 4.90 Å². The molecule has 0 radical (unpaired) electrons. The Hall–Kier alpha value is -1.95. The van der Waals surface area contributed by atoms with Gasteiger partial charge in [0.05, 0.1) is 12.7 Å². The summed E-state index contributed by atoms with van der Waals surface area (Å²) >= 11 is 1.68. The van der Waals surface area contributed by atoms with E-state index in [0.29, 0.717) is 6.54 Å². The van der Waals surface area contributed by atoms with Crippen molar-refractivity contribution >= 4 is 23.3 Å². The Labute approximate surface area is 140 Å². The van der Waals surface area contributed by atoms with Crippen LogP contribution in [-0.4, -0.2) is 23.5 Å². The summed E-state index contributed by atoms with van der Waals surface area (Å²) in [6.07, 6.45) is 4.49. The van der Waals surface area contributed by atoms with E-state index < -0.39 is 0 Å². The van der Waals surface area contributed by atoms with Gasteiger partial charge in [-0.25, -0.2) is 5.43 Å². The summed E-state index contributed by atoms with van der Waals surface area (Å²) in [5, 5.41) is 2.04.